The molecule has 0 spiro atoms. The largest absolute Gasteiger partial charge is 0.337 e. The number of hydrazine groups is 1. The van der Waals surface area contributed by atoms with Gasteiger partial charge in [0.2, 0.25) is 0 Å². The van der Waals surface area contributed by atoms with E-state index < -0.39 is 9.84 Å². The first-order valence-electron chi connectivity index (χ1n) is 4.81. The number of carbonyl (C=O) groups excluding carboxylic acids is 1. The summed E-state index contributed by atoms with van der Waals surface area (Å²) in [5, 5.41) is 4.17. The van der Waals surface area contributed by atoms with E-state index in [1.165, 1.54) is 5.01 Å². The van der Waals surface area contributed by atoms with E-state index in [0.29, 0.717) is 13.0 Å². The van der Waals surface area contributed by atoms with Crippen molar-refractivity contribution in [3.63, 3.8) is 0 Å². The van der Waals surface area contributed by atoms with Crippen LogP contribution in [0.4, 0.5) is 4.79 Å². The van der Waals surface area contributed by atoms with E-state index in [9.17, 15) is 13.2 Å². The fraction of sp³-hybridized carbons (Fsp3) is 0.875. The third kappa shape index (κ3) is 4.48. The maximum Gasteiger partial charge on any atom is 0.329 e. The number of hydrogen-bond donors (Lipinski definition) is 2. The average molecular weight is 235 g/mol. The Morgan fingerprint density at radius 2 is 2.13 bits per heavy atom. The molecule has 1 rings (SSSR count). The van der Waals surface area contributed by atoms with Crippen LogP contribution < -0.4 is 10.7 Å². The summed E-state index contributed by atoms with van der Waals surface area (Å²) >= 11 is 0. The van der Waals surface area contributed by atoms with Crippen molar-refractivity contribution in [3.8, 4) is 0 Å². The van der Waals surface area contributed by atoms with Gasteiger partial charge in [-0.2, -0.15) is 0 Å². The molecular formula is C8H17N3O3S. The molecule has 15 heavy (non-hydrogen) atoms. The molecule has 6 nitrogen and oxygen atoms in total. The lowest BCUT2D eigenvalue weighted by molar-refractivity contribution is 0.211. The molecule has 1 heterocycles. The summed E-state index contributed by atoms with van der Waals surface area (Å²) in [5.41, 5.74) is 2.52. The molecule has 1 saturated heterocycles. The van der Waals surface area contributed by atoms with Crippen LogP contribution >= 0.6 is 0 Å². The van der Waals surface area contributed by atoms with Crippen LogP contribution in [0.3, 0.4) is 0 Å². The number of nitrogens with one attached hydrogen (secondary N) is 2. The first-order valence-corrected chi connectivity index (χ1v) is 6.63. The van der Waals surface area contributed by atoms with Crippen LogP contribution in [0.5, 0.6) is 0 Å². The maximum atomic E-state index is 11.2. The standard InChI is InChI=1S/C8H17N3O3S/c1-11(2)10-8(12)9-5-7-3-4-15(13,14)6-7/h7H,3-6H2,1-2H3,(H2,9,10,12). The quantitative estimate of drug-likeness (QED) is 0.628. The van der Waals surface area contributed by atoms with Gasteiger partial charge in [-0.1, -0.05) is 0 Å². The molecule has 2 amide bonds. The van der Waals surface area contributed by atoms with Crippen LogP contribution in [0.25, 0.3) is 0 Å². The second-order valence-electron chi connectivity index (χ2n) is 3.99. The summed E-state index contributed by atoms with van der Waals surface area (Å²) in [6, 6.07) is -0.302. The van der Waals surface area contributed by atoms with Gasteiger partial charge in [-0.15, -0.1) is 0 Å². The molecule has 0 aromatic rings. The monoisotopic (exact) mass is 235 g/mol. The fourth-order valence-electron chi connectivity index (χ4n) is 1.51. The van der Waals surface area contributed by atoms with Crippen LogP contribution in [-0.4, -0.2) is 51.6 Å². The molecule has 1 atom stereocenters. The number of urea groups is 1. The molecule has 0 saturated carbocycles. The van der Waals surface area contributed by atoms with Gasteiger partial charge in [0.15, 0.2) is 9.84 Å². The molecule has 0 radical (unpaired) electrons. The van der Waals surface area contributed by atoms with Gasteiger partial charge in [0.05, 0.1) is 11.5 Å². The molecule has 1 fully saturated rings. The minimum atomic E-state index is -2.85. The highest BCUT2D eigenvalue weighted by Crippen LogP contribution is 2.17. The Kier molecular flexibility index (Phi) is 3.92. The minimum absolute atomic E-state index is 0.0583. The van der Waals surface area contributed by atoms with Crippen molar-refractivity contribution in [2.75, 3.05) is 32.1 Å². The summed E-state index contributed by atoms with van der Waals surface area (Å²) in [6.07, 6.45) is 0.643. The highest BCUT2D eigenvalue weighted by Gasteiger charge is 2.27. The van der Waals surface area contributed by atoms with E-state index in [4.69, 9.17) is 0 Å². The smallest absolute Gasteiger partial charge is 0.329 e. The molecule has 2 N–H and O–H groups in total. The molecule has 0 aromatic carbocycles. The lowest BCUT2D eigenvalue weighted by Crippen LogP contribution is -2.44. The number of amides is 2. The average Bonchev–Trinajstić information content (AvgIpc) is 2.41. The predicted octanol–water partition coefficient (Wildman–Crippen LogP) is -0.803. The molecule has 88 valence electrons. The summed E-state index contributed by atoms with van der Waals surface area (Å²) in [4.78, 5) is 11.2. The van der Waals surface area contributed by atoms with Crippen LogP contribution in [0.15, 0.2) is 0 Å². The topological polar surface area (TPSA) is 78.5 Å². The van der Waals surface area contributed by atoms with Crippen molar-refractivity contribution in [2.45, 2.75) is 6.42 Å². The van der Waals surface area contributed by atoms with E-state index in [1.807, 2.05) is 0 Å². The number of nitrogens with zero attached hydrogens (tertiary/aromatic N) is 1. The van der Waals surface area contributed by atoms with E-state index in [0.717, 1.165) is 0 Å². The second-order valence-corrected chi connectivity index (χ2v) is 6.21. The van der Waals surface area contributed by atoms with Gasteiger partial charge in [-0.05, 0) is 12.3 Å². The Balaban J connectivity index is 2.24. The lowest BCUT2D eigenvalue weighted by Gasteiger charge is -2.14. The van der Waals surface area contributed by atoms with Crippen molar-refractivity contribution >= 4 is 15.9 Å². The third-order valence-electron chi connectivity index (χ3n) is 2.20. The Morgan fingerprint density at radius 3 is 2.60 bits per heavy atom. The molecule has 1 unspecified atom stereocenters. The predicted molar refractivity (Wildman–Crippen MR) is 57.0 cm³/mol. The Labute approximate surface area is 89.9 Å². The van der Waals surface area contributed by atoms with Crippen LogP contribution in [0.2, 0.25) is 0 Å². The fourth-order valence-corrected chi connectivity index (χ4v) is 3.37. The van der Waals surface area contributed by atoms with Crippen LogP contribution in [-0.2, 0) is 9.84 Å². The van der Waals surface area contributed by atoms with Crippen molar-refractivity contribution < 1.29 is 13.2 Å². The number of carbonyl (C=O) groups is 1. The van der Waals surface area contributed by atoms with Gasteiger partial charge in [0, 0.05) is 20.6 Å². The second kappa shape index (κ2) is 4.80. The summed E-state index contributed by atoms with van der Waals surface area (Å²) in [5.74, 6) is 0.493. The first kappa shape index (κ1) is 12.3. The zero-order chi connectivity index (χ0) is 11.5. The van der Waals surface area contributed by atoms with E-state index in [-0.39, 0.29) is 23.5 Å². The first-order chi connectivity index (χ1) is 6.89. The molecule has 1 aliphatic rings. The number of hydrogen-bond acceptors (Lipinski definition) is 4. The van der Waals surface area contributed by atoms with Gasteiger partial charge in [0.25, 0.3) is 0 Å². The zero-order valence-electron chi connectivity index (χ0n) is 8.99. The van der Waals surface area contributed by atoms with Gasteiger partial charge >= 0.3 is 6.03 Å². The van der Waals surface area contributed by atoms with Gasteiger partial charge in [0.1, 0.15) is 0 Å². The number of rotatable bonds is 3. The van der Waals surface area contributed by atoms with E-state index in [1.54, 1.807) is 14.1 Å². The molecule has 0 bridgehead atoms. The van der Waals surface area contributed by atoms with E-state index >= 15 is 0 Å². The Bertz CT molecular complexity index is 326. The van der Waals surface area contributed by atoms with Crippen molar-refractivity contribution in [1.29, 1.82) is 0 Å². The number of sulfone groups is 1. The highest BCUT2D eigenvalue weighted by molar-refractivity contribution is 7.91. The van der Waals surface area contributed by atoms with Crippen molar-refractivity contribution in [3.05, 3.63) is 0 Å². The summed E-state index contributed by atoms with van der Waals surface area (Å²) < 4.78 is 22.3. The van der Waals surface area contributed by atoms with Crippen molar-refractivity contribution in [2.24, 2.45) is 5.92 Å². The molecular weight excluding hydrogens is 218 g/mol. The molecule has 0 aliphatic carbocycles. The SMILES string of the molecule is CN(C)NC(=O)NCC1CCS(=O)(=O)C1. The van der Waals surface area contributed by atoms with E-state index in [2.05, 4.69) is 10.7 Å². The molecule has 0 aromatic heterocycles. The Morgan fingerprint density at radius 1 is 1.47 bits per heavy atom. The molecule has 7 heteroatoms. The van der Waals surface area contributed by atoms with Gasteiger partial charge in [-0.25, -0.2) is 18.2 Å². The van der Waals surface area contributed by atoms with Crippen LogP contribution in [0, 0.1) is 5.92 Å². The highest BCUT2D eigenvalue weighted by atomic mass is 32.2. The van der Waals surface area contributed by atoms with Crippen LogP contribution in [0.1, 0.15) is 6.42 Å². The third-order valence-corrected chi connectivity index (χ3v) is 4.04. The summed E-state index contributed by atoms with van der Waals surface area (Å²) in [6.45, 7) is 0.416. The van der Waals surface area contributed by atoms with Gasteiger partial charge in [-0.3, -0.25) is 5.43 Å². The van der Waals surface area contributed by atoms with Gasteiger partial charge < -0.3 is 5.32 Å². The minimum Gasteiger partial charge on any atom is -0.337 e. The zero-order valence-corrected chi connectivity index (χ0v) is 9.80. The normalized spacial score (nSPS) is 24.1. The molecule has 1 aliphatic heterocycles. The lowest BCUT2D eigenvalue weighted by atomic mass is 10.1. The van der Waals surface area contributed by atoms with Crippen molar-refractivity contribution in [1.82, 2.24) is 15.8 Å². The maximum absolute atomic E-state index is 11.2. The summed E-state index contributed by atoms with van der Waals surface area (Å²) in [7, 11) is 0.567. The Hall–Kier alpha value is -0.820.